The predicted molar refractivity (Wildman–Crippen MR) is 49.5 cm³/mol. The molecule has 1 aliphatic rings. The highest BCUT2D eigenvalue weighted by Gasteiger charge is 2.53. The summed E-state index contributed by atoms with van der Waals surface area (Å²) in [5.74, 6) is 0.940. The Balaban J connectivity index is 2.54. The maximum Gasteiger partial charge on any atom is 0.0134 e. The molecule has 1 rings (SSSR count). The lowest BCUT2D eigenvalue weighted by molar-refractivity contribution is 0.485. The van der Waals surface area contributed by atoms with Gasteiger partial charge in [-0.15, -0.1) is 0 Å². The lowest BCUT2D eigenvalue weighted by atomic mass is 10.0. The Morgan fingerprint density at radius 1 is 1.40 bits per heavy atom. The molecule has 1 atom stereocenters. The van der Waals surface area contributed by atoms with Crippen LogP contribution in [0.4, 0.5) is 0 Å². The summed E-state index contributed by atoms with van der Waals surface area (Å²) in [7, 11) is 0. The summed E-state index contributed by atoms with van der Waals surface area (Å²) in [5, 5.41) is 0. The second kappa shape index (κ2) is 2.17. The monoisotopic (exact) mass is 158 g/mol. The Kier molecular flexibility index (Phi) is 1.83. The van der Waals surface area contributed by atoms with Crippen molar-refractivity contribution in [1.82, 2.24) is 0 Å². The Bertz CT molecular complexity index is 136. The number of thioether (sulfide) groups is 1. The highest BCUT2D eigenvalue weighted by atomic mass is 32.2. The van der Waals surface area contributed by atoms with Crippen LogP contribution in [0.1, 0.15) is 34.1 Å². The summed E-state index contributed by atoms with van der Waals surface area (Å²) >= 11 is 2.00. The minimum absolute atomic E-state index is 0.503. The molecule has 0 bridgehead atoms. The molecule has 1 fully saturated rings. The molecule has 0 saturated heterocycles. The summed E-state index contributed by atoms with van der Waals surface area (Å²) < 4.78 is 0.503. The van der Waals surface area contributed by atoms with Gasteiger partial charge in [0, 0.05) is 4.75 Å². The van der Waals surface area contributed by atoms with E-state index >= 15 is 0 Å². The number of hydrogen-bond donors (Lipinski definition) is 0. The molecule has 0 aliphatic heterocycles. The Hall–Kier alpha value is 0.350. The third kappa shape index (κ3) is 1.34. The normalized spacial score (nSPS) is 30.3. The molecule has 1 unspecified atom stereocenters. The van der Waals surface area contributed by atoms with E-state index in [0.29, 0.717) is 10.2 Å². The van der Waals surface area contributed by atoms with E-state index in [2.05, 4.69) is 34.0 Å². The average molecular weight is 158 g/mol. The van der Waals surface area contributed by atoms with Crippen LogP contribution in [0.15, 0.2) is 0 Å². The van der Waals surface area contributed by atoms with E-state index in [4.69, 9.17) is 0 Å². The molecule has 1 saturated carbocycles. The van der Waals surface area contributed by atoms with Crippen LogP contribution in [0, 0.1) is 11.3 Å². The zero-order valence-electron chi connectivity index (χ0n) is 7.69. The third-order valence-corrected chi connectivity index (χ3v) is 4.22. The summed E-state index contributed by atoms with van der Waals surface area (Å²) in [4.78, 5) is 0. The van der Waals surface area contributed by atoms with Gasteiger partial charge < -0.3 is 0 Å². The van der Waals surface area contributed by atoms with E-state index in [1.807, 2.05) is 11.8 Å². The number of hydrogen-bond acceptors (Lipinski definition) is 1. The molecule has 0 spiro atoms. The van der Waals surface area contributed by atoms with Crippen molar-refractivity contribution in [2.45, 2.75) is 38.9 Å². The summed E-state index contributed by atoms with van der Waals surface area (Å²) in [5.41, 5.74) is 0.631. The summed E-state index contributed by atoms with van der Waals surface area (Å²) in [6.45, 7) is 9.46. The molecule has 1 aliphatic carbocycles. The second-order valence-corrected chi connectivity index (χ2v) is 6.01. The molecule has 0 nitrogen and oxygen atoms in total. The molecular formula is C9H18S. The van der Waals surface area contributed by atoms with E-state index in [1.54, 1.807) is 0 Å². The molecule has 0 aromatic carbocycles. The van der Waals surface area contributed by atoms with E-state index in [0.717, 1.165) is 5.92 Å². The zero-order chi connectivity index (χ0) is 7.99. The van der Waals surface area contributed by atoms with Crippen molar-refractivity contribution in [2.75, 3.05) is 6.26 Å². The lowest BCUT2D eigenvalue weighted by Gasteiger charge is -2.23. The van der Waals surface area contributed by atoms with Crippen molar-refractivity contribution in [2.24, 2.45) is 11.3 Å². The van der Waals surface area contributed by atoms with Crippen LogP contribution in [0.3, 0.4) is 0 Å². The molecule has 60 valence electrons. The predicted octanol–water partition coefficient (Wildman–Crippen LogP) is 3.17. The molecule has 0 heterocycles. The van der Waals surface area contributed by atoms with Gasteiger partial charge in [0.2, 0.25) is 0 Å². The van der Waals surface area contributed by atoms with E-state index < -0.39 is 0 Å². The fraction of sp³-hybridized carbons (Fsp3) is 1.00. The molecule has 0 aromatic rings. The molecule has 0 N–H and O–H groups in total. The zero-order valence-corrected chi connectivity index (χ0v) is 8.51. The molecular weight excluding hydrogens is 140 g/mol. The maximum atomic E-state index is 2.37. The van der Waals surface area contributed by atoms with Crippen LogP contribution in [-0.4, -0.2) is 11.0 Å². The first-order chi connectivity index (χ1) is 4.40. The van der Waals surface area contributed by atoms with Gasteiger partial charge in [-0.25, -0.2) is 0 Å². The van der Waals surface area contributed by atoms with Gasteiger partial charge in [0.05, 0.1) is 0 Å². The minimum Gasteiger partial charge on any atom is -0.159 e. The Labute approximate surface area is 68.8 Å². The first kappa shape index (κ1) is 8.45. The van der Waals surface area contributed by atoms with Crippen LogP contribution >= 0.6 is 11.8 Å². The number of rotatable bonds is 2. The maximum absolute atomic E-state index is 2.37. The van der Waals surface area contributed by atoms with Gasteiger partial charge >= 0.3 is 0 Å². The van der Waals surface area contributed by atoms with Gasteiger partial charge in [-0.05, 0) is 24.0 Å². The quantitative estimate of drug-likeness (QED) is 0.595. The smallest absolute Gasteiger partial charge is 0.0134 e. The fourth-order valence-corrected chi connectivity index (χ4v) is 2.48. The highest BCUT2D eigenvalue weighted by molar-refractivity contribution is 7.99. The van der Waals surface area contributed by atoms with Crippen LogP contribution in [-0.2, 0) is 0 Å². The van der Waals surface area contributed by atoms with Gasteiger partial charge in [0.25, 0.3) is 0 Å². The van der Waals surface area contributed by atoms with Gasteiger partial charge in [-0.1, -0.05) is 27.7 Å². The van der Waals surface area contributed by atoms with Crippen LogP contribution < -0.4 is 0 Å². The second-order valence-electron chi connectivity index (χ2n) is 4.55. The van der Waals surface area contributed by atoms with Crippen molar-refractivity contribution in [3.8, 4) is 0 Å². The first-order valence-corrected chi connectivity index (χ1v) is 5.18. The highest BCUT2D eigenvalue weighted by Crippen LogP contribution is 2.60. The van der Waals surface area contributed by atoms with Crippen LogP contribution in [0.5, 0.6) is 0 Å². The van der Waals surface area contributed by atoms with Crippen molar-refractivity contribution in [3.63, 3.8) is 0 Å². The van der Waals surface area contributed by atoms with E-state index in [1.165, 1.54) is 6.42 Å². The van der Waals surface area contributed by atoms with Crippen molar-refractivity contribution >= 4 is 11.8 Å². The van der Waals surface area contributed by atoms with Crippen molar-refractivity contribution < 1.29 is 0 Å². The summed E-state index contributed by atoms with van der Waals surface area (Å²) in [6, 6.07) is 0. The Morgan fingerprint density at radius 2 is 1.80 bits per heavy atom. The molecule has 0 amide bonds. The summed E-state index contributed by atoms with van der Waals surface area (Å²) in [6.07, 6.45) is 3.63. The molecule has 10 heavy (non-hydrogen) atoms. The molecule has 0 radical (unpaired) electrons. The van der Waals surface area contributed by atoms with Gasteiger partial charge in [-0.2, -0.15) is 11.8 Å². The minimum atomic E-state index is 0.503. The Morgan fingerprint density at radius 3 is 1.90 bits per heavy atom. The fourth-order valence-electron chi connectivity index (χ4n) is 1.80. The SMILES string of the molecule is CSC(C)(C)C1CC1(C)C. The first-order valence-electron chi connectivity index (χ1n) is 3.95. The van der Waals surface area contributed by atoms with Gasteiger partial charge in [-0.3, -0.25) is 0 Å². The van der Waals surface area contributed by atoms with Gasteiger partial charge in [0.1, 0.15) is 0 Å². The lowest BCUT2D eigenvalue weighted by Crippen LogP contribution is -2.19. The molecule has 0 aromatic heterocycles. The third-order valence-electron chi connectivity index (χ3n) is 2.88. The standard InChI is InChI=1S/C9H18S/c1-8(2)6-7(8)9(3,4)10-5/h7H,6H2,1-5H3. The van der Waals surface area contributed by atoms with E-state index in [-0.39, 0.29) is 0 Å². The van der Waals surface area contributed by atoms with Crippen molar-refractivity contribution in [1.29, 1.82) is 0 Å². The van der Waals surface area contributed by atoms with E-state index in [9.17, 15) is 0 Å². The molecule has 1 heteroatoms. The van der Waals surface area contributed by atoms with Crippen LogP contribution in [0.25, 0.3) is 0 Å². The topological polar surface area (TPSA) is 0 Å². The van der Waals surface area contributed by atoms with Crippen molar-refractivity contribution in [3.05, 3.63) is 0 Å². The average Bonchev–Trinajstić information content (AvgIpc) is 2.41. The largest absolute Gasteiger partial charge is 0.159 e. The van der Waals surface area contributed by atoms with Gasteiger partial charge in [0.15, 0.2) is 0 Å². The van der Waals surface area contributed by atoms with Crippen LogP contribution in [0.2, 0.25) is 0 Å².